The van der Waals surface area contributed by atoms with Crippen molar-refractivity contribution in [1.29, 1.82) is 0 Å². The van der Waals surface area contributed by atoms with Crippen molar-refractivity contribution in [1.82, 2.24) is 15.5 Å². The number of nitrogens with zero attached hydrogens (tertiary/aromatic N) is 3. The van der Waals surface area contributed by atoms with E-state index < -0.39 is 93.1 Å². The highest BCUT2D eigenvalue weighted by Gasteiger charge is 2.44. The van der Waals surface area contributed by atoms with E-state index in [4.69, 9.17) is 38.6 Å². The molecule has 3 N–H and O–H groups in total. The zero-order valence-electron chi connectivity index (χ0n) is 53.4. The van der Waals surface area contributed by atoms with Gasteiger partial charge in [-0.1, -0.05) is 57.0 Å². The molecule has 500 valence electrons. The lowest BCUT2D eigenvalue weighted by atomic mass is 9.90. The number of nitrogen functional groups attached to an aromatic ring is 1. The zero-order chi connectivity index (χ0) is 69.2. The number of ketones is 2. The van der Waals surface area contributed by atoms with Gasteiger partial charge in [0.15, 0.2) is 50.9 Å². The number of carbonyl (C=O) groups is 3. The van der Waals surface area contributed by atoms with Crippen molar-refractivity contribution >= 4 is 86.3 Å². The molecule has 0 saturated carbocycles. The van der Waals surface area contributed by atoms with Crippen molar-refractivity contribution in [3.05, 3.63) is 119 Å². The Morgan fingerprint density at radius 3 is 1.16 bits per heavy atom. The SMILES string of the molecule is CC(C)(Sc1ccc(S(C)(=O)=O)cc1F)C(=O)O.COCC(C)(C)c1cc(CC(=O)C(C)(C)S(=O)(=O)c2ccc(S(C)(=O)=O)cc2F)on1.COCC(C)(C)c1cc(CC(=O)C(C)(C)Sc2ccc(S(C)(=O)=O)cc2F)on1.COCC(C)(C)c1cc(N)on1. The number of carboxylic acid groups (broad SMARTS) is 1. The summed E-state index contributed by atoms with van der Waals surface area (Å²) in [5, 5.41) is 20.7. The summed E-state index contributed by atoms with van der Waals surface area (Å²) in [4.78, 5) is 35.6. The van der Waals surface area contributed by atoms with Gasteiger partial charge in [0.25, 0.3) is 0 Å². The van der Waals surface area contributed by atoms with Gasteiger partial charge < -0.3 is 38.6 Å². The van der Waals surface area contributed by atoms with Gasteiger partial charge in [0, 0.05) is 84.3 Å². The molecule has 3 aromatic heterocycles. The molecule has 0 unspecified atom stereocenters. The van der Waals surface area contributed by atoms with Crippen LogP contribution in [0.4, 0.5) is 19.1 Å². The van der Waals surface area contributed by atoms with Gasteiger partial charge in [-0.2, -0.15) is 0 Å². The maximum atomic E-state index is 14.5. The highest BCUT2D eigenvalue weighted by Crippen LogP contribution is 2.38. The number of aromatic nitrogens is 3. The van der Waals surface area contributed by atoms with Gasteiger partial charge in [-0.15, -0.1) is 23.5 Å². The van der Waals surface area contributed by atoms with Crippen LogP contribution in [0, 0.1) is 17.5 Å². The Morgan fingerprint density at radius 1 is 0.500 bits per heavy atom. The molecule has 0 amide bonds. The summed E-state index contributed by atoms with van der Waals surface area (Å²) in [5.74, 6) is -3.69. The summed E-state index contributed by atoms with van der Waals surface area (Å²) in [6, 6.07) is 14.6. The molecule has 6 aromatic rings. The van der Waals surface area contributed by atoms with E-state index in [1.165, 1.54) is 52.0 Å². The number of aliphatic carboxylic acids is 1. The molecule has 0 fully saturated rings. The Balaban J connectivity index is 0.000000331. The molecule has 0 aliphatic heterocycles. The topological polar surface area (TPSA) is 340 Å². The number of carbonyl (C=O) groups excluding carboxylic acids is 2. The summed E-state index contributed by atoms with van der Waals surface area (Å²) >= 11 is 1.87. The quantitative estimate of drug-likeness (QED) is 0.0503. The average Bonchev–Trinajstić information content (AvgIpc) is 0.938. The summed E-state index contributed by atoms with van der Waals surface area (Å²) in [6.45, 7) is 21.7. The molecule has 22 nitrogen and oxygen atoms in total. The maximum Gasteiger partial charge on any atom is 0.319 e. The highest BCUT2D eigenvalue weighted by molar-refractivity contribution is 8.01. The van der Waals surface area contributed by atoms with Crippen molar-refractivity contribution in [3.8, 4) is 0 Å². The molecular formula is C59H79F3N4O18S6. The fraction of sp³-hybridized carbons (Fsp3) is 0.492. The van der Waals surface area contributed by atoms with Gasteiger partial charge in [0.1, 0.15) is 43.4 Å². The lowest BCUT2D eigenvalue weighted by Crippen LogP contribution is -2.42. The Bertz CT molecular complexity index is 3990. The second kappa shape index (κ2) is 30.2. The molecular weight excluding hydrogens is 1300 g/mol. The summed E-state index contributed by atoms with van der Waals surface area (Å²) in [6.07, 6.45) is 2.52. The van der Waals surface area contributed by atoms with Crippen molar-refractivity contribution in [2.75, 3.05) is 65.7 Å². The highest BCUT2D eigenvalue weighted by atomic mass is 32.2. The van der Waals surface area contributed by atoms with Crippen LogP contribution < -0.4 is 5.73 Å². The van der Waals surface area contributed by atoms with Gasteiger partial charge in [0.05, 0.1) is 69.2 Å². The van der Waals surface area contributed by atoms with Gasteiger partial charge in [-0.3, -0.25) is 14.4 Å². The normalized spacial score (nSPS) is 12.9. The van der Waals surface area contributed by atoms with Gasteiger partial charge in [0.2, 0.25) is 5.88 Å². The number of benzene rings is 3. The standard InChI is InChI=1S/C20H26FNO7S2.C20H26FNO5S2.C11H13FO4S2.C8H14N2O2/c1-19(2,12-28-5)17-9-13(29-22-17)10-18(23)20(3,4)31(26,27)16-8-7-14(11-15(16)21)30(6,24)25;1-19(2,12-26-5)17-9-13(27-22-17)10-18(23)20(3,4)28-16-8-7-14(11-15(16)21)29(6,24)25;1-11(2,10(13)14)17-9-5-4-7(6-8(9)12)18(3,15)16;1-8(2,5-11-3)6-4-7(9)12-10-6/h7-9,11H,10,12H2,1-6H3;7-9,11H,10,12H2,1-6H3;4-6H,1-3H3,(H,13,14);4H,5,9H2,1-3H3. The first-order chi connectivity index (χ1) is 40.9. The van der Waals surface area contributed by atoms with E-state index in [0.29, 0.717) is 48.9 Å². The van der Waals surface area contributed by atoms with Gasteiger partial charge in [-0.25, -0.2) is 46.8 Å². The molecule has 0 saturated heterocycles. The van der Waals surface area contributed by atoms with Gasteiger partial charge in [-0.05, 0) is 96.1 Å². The molecule has 0 atom stereocenters. The van der Waals surface area contributed by atoms with Crippen LogP contribution in [0.5, 0.6) is 0 Å². The predicted molar refractivity (Wildman–Crippen MR) is 333 cm³/mol. The van der Waals surface area contributed by atoms with E-state index >= 15 is 0 Å². The molecule has 90 heavy (non-hydrogen) atoms. The fourth-order valence-electron chi connectivity index (χ4n) is 7.68. The number of ether oxygens (including phenoxy) is 3. The number of thioether (sulfide) groups is 2. The molecule has 0 radical (unpaired) electrons. The summed E-state index contributed by atoms with van der Waals surface area (Å²) in [7, 11) is -10.4. The number of Topliss-reactive ketones (excluding diaryl/α,β-unsaturated/α-hetero) is 2. The number of methoxy groups -OCH3 is 3. The maximum absolute atomic E-state index is 14.5. The first kappa shape index (κ1) is 78.3. The number of nitrogens with two attached hydrogens (primary N) is 1. The minimum atomic E-state index is -4.48. The number of sulfone groups is 4. The molecule has 0 bridgehead atoms. The zero-order valence-corrected chi connectivity index (χ0v) is 58.3. The predicted octanol–water partition coefficient (Wildman–Crippen LogP) is 9.69. The second-order valence-electron chi connectivity index (χ2n) is 24.3. The van der Waals surface area contributed by atoms with E-state index in [-0.39, 0.29) is 59.7 Å². The minimum absolute atomic E-state index is 0.0130. The number of halogens is 3. The number of anilines is 1. The van der Waals surface area contributed by atoms with Gasteiger partial charge >= 0.3 is 5.97 Å². The molecule has 31 heteroatoms. The summed E-state index contributed by atoms with van der Waals surface area (Å²) in [5.41, 5.74) is 6.48. The van der Waals surface area contributed by atoms with E-state index in [9.17, 15) is 61.2 Å². The molecule has 0 aliphatic rings. The Labute approximate surface area is 533 Å². The molecule has 0 aliphatic carbocycles. The van der Waals surface area contributed by atoms with E-state index in [0.717, 1.165) is 72.3 Å². The number of hydrogen-bond donors (Lipinski definition) is 2. The van der Waals surface area contributed by atoms with Crippen LogP contribution in [-0.2, 0) is 97.0 Å². The van der Waals surface area contributed by atoms with Crippen LogP contribution in [0.1, 0.15) is 112 Å². The molecule has 3 heterocycles. The third-order valence-corrected chi connectivity index (χ3v) is 21.8. The molecule has 3 aromatic carbocycles. The smallest absolute Gasteiger partial charge is 0.319 e. The van der Waals surface area contributed by atoms with E-state index in [1.807, 2.05) is 41.5 Å². The molecule has 0 spiro atoms. The van der Waals surface area contributed by atoms with Crippen LogP contribution in [0.25, 0.3) is 0 Å². The Kier molecular flexibility index (Phi) is 26.3. The number of carboxylic acids is 1. The molecule has 6 rings (SSSR count). The van der Waals surface area contributed by atoms with Crippen LogP contribution in [0.3, 0.4) is 0 Å². The van der Waals surface area contributed by atoms with E-state index in [1.54, 1.807) is 53.4 Å². The van der Waals surface area contributed by atoms with Crippen LogP contribution in [0.15, 0.2) is 116 Å². The second-order valence-corrected chi connectivity index (χ2v) is 36.1. The Morgan fingerprint density at radius 2 is 0.833 bits per heavy atom. The lowest BCUT2D eigenvalue weighted by Gasteiger charge is -2.23. The third-order valence-electron chi connectivity index (χ3n) is 13.5. The number of rotatable bonds is 25. The average molecular weight is 1380 g/mol. The van der Waals surface area contributed by atoms with E-state index in [2.05, 4.69) is 15.5 Å². The number of hydrogen-bond acceptors (Lipinski definition) is 23. The van der Waals surface area contributed by atoms with Crippen LogP contribution >= 0.6 is 23.5 Å². The van der Waals surface area contributed by atoms with Crippen molar-refractivity contribution in [2.45, 2.75) is 156 Å². The first-order valence-electron chi connectivity index (χ1n) is 26.9. The largest absolute Gasteiger partial charge is 0.480 e. The van der Waals surface area contributed by atoms with Crippen molar-refractivity contribution in [3.63, 3.8) is 0 Å². The monoisotopic (exact) mass is 1380 g/mol. The van der Waals surface area contributed by atoms with Crippen LogP contribution in [-0.4, -0.2) is 146 Å². The van der Waals surface area contributed by atoms with Crippen LogP contribution in [0.2, 0.25) is 0 Å². The Hall–Kier alpha value is -5.93. The third kappa shape index (κ3) is 21.3. The fourth-order valence-corrected chi connectivity index (χ4v) is 13.0. The van der Waals surface area contributed by atoms with Crippen molar-refractivity contribution < 1.29 is 94.1 Å². The van der Waals surface area contributed by atoms with Crippen molar-refractivity contribution in [2.24, 2.45) is 0 Å². The summed E-state index contributed by atoms with van der Waals surface area (Å²) < 4.78 is 164. The lowest BCUT2D eigenvalue weighted by molar-refractivity contribution is -0.139. The first-order valence-corrected chi connectivity index (χ1v) is 35.7. The minimum Gasteiger partial charge on any atom is -0.480 e.